The molecule has 7 nitrogen and oxygen atoms in total. The molecule has 0 aliphatic carbocycles. The van der Waals surface area contributed by atoms with Crippen molar-refractivity contribution in [1.82, 2.24) is 20.1 Å². The van der Waals surface area contributed by atoms with Gasteiger partial charge in [0.25, 0.3) is 0 Å². The molecule has 0 aromatic carbocycles. The lowest BCUT2D eigenvalue weighted by molar-refractivity contribution is -0.115. The molecule has 2 aromatic rings. The van der Waals surface area contributed by atoms with Crippen molar-refractivity contribution in [1.29, 1.82) is 5.26 Å². The number of aromatic nitrogens is 3. The maximum Gasteiger partial charge on any atom is 0.238 e. The molecule has 24 heavy (non-hydrogen) atoms. The number of rotatable bonds is 5. The van der Waals surface area contributed by atoms with Gasteiger partial charge in [-0.1, -0.05) is 13.8 Å². The van der Waals surface area contributed by atoms with Gasteiger partial charge in [-0.15, -0.1) is 11.3 Å². The number of nitrogens with one attached hydrogen (secondary N) is 2. The number of fused-ring (bicyclic) bond motifs is 1. The second kappa shape index (κ2) is 7.11. The SMILES string of the molecule is CC(C)c1nc2n(n1)C[C@H](NCC(=O)Nc1sccc1C#N)CC2. The summed E-state index contributed by atoms with van der Waals surface area (Å²) in [5, 5.41) is 22.0. The smallest absolute Gasteiger partial charge is 0.238 e. The standard InChI is InChI=1S/C16H20N6OS/c1-10(2)15-19-13-4-3-12(9-22(13)21-15)18-8-14(23)20-16-11(7-17)5-6-24-16/h5-6,10,12,18H,3-4,8-9H2,1-2H3,(H,20,23)/t12-/m1/s1. The summed E-state index contributed by atoms with van der Waals surface area (Å²) in [6.45, 7) is 5.11. The summed E-state index contributed by atoms with van der Waals surface area (Å²) in [5.74, 6) is 2.09. The first-order valence-electron chi connectivity index (χ1n) is 8.01. The third-order valence-corrected chi connectivity index (χ3v) is 4.81. The molecule has 1 aliphatic rings. The van der Waals surface area contributed by atoms with E-state index in [1.807, 2.05) is 4.68 Å². The fourth-order valence-corrected chi connectivity index (χ4v) is 3.39. The second-order valence-electron chi connectivity index (χ2n) is 6.16. The van der Waals surface area contributed by atoms with Crippen LogP contribution in [-0.4, -0.2) is 33.3 Å². The zero-order valence-corrected chi connectivity index (χ0v) is 14.6. The molecule has 1 amide bonds. The summed E-state index contributed by atoms with van der Waals surface area (Å²) >= 11 is 1.36. The van der Waals surface area contributed by atoms with Crippen molar-refractivity contribution >= 4 is 22.2 Å². The van der Waals surface area contributed by atoms with E-state index < -0.39 is 0 Å². The number of carbonyl (C=O) groups is 1. The molecule has 3 heterocycles. The van der Waals surface area contributed by atoms with Gasteiger partial charge in [0.05, 0.1) is 18.7 Å². The summed E-state index contributed by atoms with van der Waals surface area (Å²) in [5.41, 5.74) is 0.500. The predicted octanol–water partition coefficient (Wildman–Crippen LogP) is 1.88. The molecular formula is C16H20N6OS. The Kier molecular flexibility index (Phi) is 4.92. The Hall–Kier alpha value is -2.24. The maximum absolute atomic E-state index is 12.0. The summed E-state index contributed by atoms with van der Waals surface area (Å²) in [6.07, 6.45) is 1.80. The molecule has 0 fully saturated rings. The van der Waals surface area contributed by atoms with Crippen LogP contribution in [0.25, 0.3) is 0 Å². The molecule has 0 unspecified atom stereocenters. The largest absolute Gasteiger partial charge is 0.315 e. The third kappa shape index (κ3) is 3.63. The predicted molar refractivity (Wildman–Crippen MR) is 91.9 cm³/mol. The Bertz CT molecular complexity index is 772. The summed E-state index contributed by atoms with van der Waals surface area (Å²) in [4.78, 5) is 16.6. The fourth-order valence-electron chi connectivity index (χ4n) is 2.64. The number of carbonyl (C=O) groups excluding carboxylic acids is 1. The second-order valence-corrected chi connectivity index (χ2v) is 7.08. The van der Waals surface area contributed by atoms with Crippen LogP contribution in [0.5, 0.6) is 0 Å². The maximum atomic E-state index is 12.0. The quantitative estimate of drug-likeness (QED) is 0.863. The van der Waals surface area contributed by atoms with E-state index in [-0.39, 0.29) is 18.5 Å². The number of anilines is 1. The lowest BCUT2D eigenvalue weighted by Gasteiger charge is -2.23. The summed E-state index contributed by atoms with van der Waals surface area (Å²) in [6, 6.07) is 3.97. The van der Waals surface area contributed by atoms with Gasteiger partial charge in [0, 0.05) is 18.4 Å². The monoisotopic (exact) mass is 344 g/mol. The van der Waals surface area contributed by atoms with Gasteiger partial charge in [-0.05, 0) is 17.9 Å². The molecule has 0 radical (unpaired) electrons. The lowest BCUT2D eigenvalue weighted by Crippen LogP contribution is -2.41. The molecule has 1 aliphatic heterocycles. The van der Waals surface area contributed by atoms with E-state index in [2.05, 4.69) is 40.6 Å². The molecule has 2 N–H and O–H groups in total. The van der Waals surface area contributed by atoms with Crippen LogP contribution in [-0.2, 0) is 17.8 Å². The molecule has 0 saturated carbocycles. The summed E-state index contributed by atoms with van der Waals surface area (Å²) in [7, 11) is 0. The average Bonchev–Trinajstić information content (AvgIpc) is 3.18. The number of nitriles is 1. The Morgan fingerprint density at radius 3 is 3.17 bits per heavy atom. The van der Waals surface area contributed by atoms with Crippen molar-refractivity contribution in [2.45, 2.75) is 45.2 Å². The Balaban J connectivity index is 1.52. The lowest BCUT2D eigenvalue weighted by atomic mass is 10.1. The minimum Gasteiger partial charge on any atom is -0.315 e. The van der Waals surface area contributed by atoms with Crippen molar-refractivity contribution in [3.8, 4) is 6.07 Å². The van der Waals surface area contributed by atoms with Gasteiger partial charge in [-0.2, -0.15) is 10.4 Å². The number of nitrogens with zero attached hydrogens (tertiary/aromatic N) is 4. The topological polar surface area (TPSA) is 95.6 Å². The molecule has 3 rings (SSSR count). The molecule has 0 bridgehead atoms. The van der Waals surface area contributed by atoms with Gasteiger partial charge >= 0.3 is 0 Å². The van der Waals surface area contributed by atoms with Crippen LogP contribution in [0, 0.1) is 11.3 Å². The number of aryl methyl sites for hydroxylation is 1. The first-order valence-corrected chi connectivity index (χ1v) is 8.89. The van der Waals surface area contributed by atoms with Crippen molar-refractivity contribution in [2.75, 3.05) is 11.9 Å². The minimum atomic E-state index is -0.138. The van der Waals surface area contributed by atoms with Crippen LogP contribution >= 0.6 is 11.3 Å². The molecule has 0 saturated heterocycles. The van der Waals surface area contributed by atoms with E-state index in [4.69, 9.17) is 5.26 Å². The van der Waals surface area contributed by atoms with Crippen LogP contribution < -0.4 is 10.6 Å². The number of hydrogen-bond acceptors (Lipinski definition) is 6. The van der Waals surface area contributed by atoms with E-state index in [1.165, 1.54) is 11.3 Å². The first kappa shape index (κ1) is 16.6. The van der Waals surface area contributed by atoms with Crippen molar-refractivity contribution < 1.29 is 4.79 Å². The Morgan fingerprint density at radius 1 is 1.58 bits per heavy atom. The first-order chi connectivity index (χ1) is 11.6. The molecular weight excluding hydrogens is 324 g/mol. The van der Waals surface area contributed by atoms with E-state index >= 15 is 0 Å². The van der Waals surface area contributed by atoms with Gasteiger partial charge in [0.1, 0.15) is 16.9 Å². The van der Waals surface area contributed by atoms with Crippen molar-refractivity contribution in [3.63, 3.8) is 0 Å². The molecule has 126 valence electrons. The number of thiophene rings is 1. The zero-order valence-electron chi connectivity index (χ0n) is 13.7. The van der Waals surface area contributed by atoms with E-state index in [0.29, 0.717) is 16.5 Å². The third-order valence-electron chi connectivity index (χ3n) is 3.98. The number of hydrogen-bond donors (Lipinski definition) is 2. The van der Waals surface area contributed by atoms with Crippen molar-refractivity contribution in [3.05, 3.63) is 28.7 Å². The van der Waals surface area contributed by atoms with Gasteiger partial charge in [-0.3, -0.25) is 4.79 Å². The van der Waals surface area contributed by atoms with Crippen LogP contribution in [0.4, 0.5) is 5.00 Å². The van der Waals surface area contributed by atoms with Crippen LogP contribution in [0.3, 0.4) is 0 Å². The van der Waals surface area contributed by atoms with Gasteiger partial charge in [-0.25, -0.2) is 9.67 Å². The van der Waals surface area contributed by atoms with Crippen LogP contribution in [0.2, 0.25) is 0 Å². The van der Waals surface area contributed by atoms with Crippen LogP contribution in [0.15, 0.2) is 11.4 Å². The molecule has 8 heteroatoms. The highest BCUT2D eigenvalue weighted by atomic mass is 32.1. The molecule has 2 aromatic heterocycles. The van der Waals surface area contributed by atoms with Crippen LogP contribution in [0.1, 0.15) is 43.4 Å². The van der Waals surface area contributed by atoms with Crippen molar-refractivity contribution in [2.24, 2.45) is 0 Å². The highest BCUT2D eigenvalue weighted by Gasteiger charge is 2.22. The molecule has 0 spiro atoms. The average molecular weight is 344 g/mol. The molecule has 1 atom stereocenters. The normalized spacial score (nSPS) is 16.7. The van der Waals surface area contributed by atoms with E-state index in [9.17, 15) is 4.79 Å². The highest BCUT2D eigenvalue weighted by molar-refractivity contribution is 7.14. The number of amides is 1. The van der Waals surface area contributed by atoms with E-state index in [0.717, 1.165) is 31.0 Å². The van der Waals surface area contributed by atoms with Gasteiger partial charge in [0.2, 0.25) is 5.91 Å². The minimum absolute atomic E-state index is 0.138. The summed E-state index contributed by atoms with van der Waals surface area (Å²) < 4.78 is 1.95. The van der Waals surface area contributed by atoms with Gasteiger partial charge < -0.3 is 10.6 Å². The Labute approximate surface area is 144 Å². The fraction of sp³-hybridized carbons (Fsp3) is 0.500. The zero-order chi connectivity index (χ0) is 17.1. The van der Waals surface area contributed by atoms with Gasteiger partial charge in [0.15, 0.2) is 5.82 Å². The highest BCUT2D eigenvalue weighted by Crippen LogP contribution is 2.22. The van der Waals surface area contributed by atoms with E-state index in [1.54, 1.807) is 11.4 Å². The Morgan fingerprint density at radius 2 is 2.42 bits per heavy atom.